The molecule has 0 aliphatic carbocycles. The van der Waals surface area contributed by atoms with Crippen molar-refractivity contribution >= 4 is 17.5 Å². The second-order valence-corrected chi connectivity index (χ2v) is 6.16. The number of carbonyl (C=O) groups is 2. The molecule has 1 aliphatic heterocycles. The van der Waals surface area contributed by atoms with Crippen LogP contribution in [0.2, 0.25) is 0 Å². The van der Waals surface area contributed by atoms with Crippen molar-refractivity contribution in [3.05, 3.63) is 59.7 Å². The van der Waals surface area contributed by atoms with E-state index >= 15 is 0 Å². The van der Waals surface area contributed by atoms with Gasteiger partial charge in [0.05, 0.1) is 25.4 Å². The number of nitrogens with zero attached hydrogens (tertiary/aromatic N) is 1. The number of benzene rings is 2. The summed E-state index contributed by atoms with van der Waals surface area (Å²) in [5, 5.41) is 2.82. The molecule has 0 spiro atoms. The molecule has 0 radical (unpaired) electrons. The minimum Gasteiger partial charge on any atom is -0.496 e. The molecule has 1 heterocycles. The van der Waals surface area contributed by atoms with Gasteiger partial charge in [0.1, 0.15) is 5.75 Å². The van der Waals surface area contributed by atoms with Crippen LogP contribution in [-0.2, 0) is 4.74 Å². The van der Waals surface area contributed by atoms with Gasteiger partial charge in [-0.15, -0.1) is 0 Å². The number of hydrogen-bond acceptors (Lipinski definition) is 4. The third kappa shape index (κ3) is 4.03. The Bertz CT molecular complexity index is 789. The van der Waals surface area contributed by atoms with Gasteiger partial charge in [0.2, 0.25) is 0 Å². The Morgan fingerprint density at radius 3 is 2.58 bits per heavy atom. The molecule has 1 fully saturated rings. The molecule has 1 N–H and O–H groups in total. The molecule has 3 rings (SSSR count). The van der Waals surface area contributed by atoms with E-state index in [4.69, 9.17) is 9.47 Å². The Labute approximate surface area is 152 Å². The van der Waals surface area contributed by atoms with Crippen LogP contribution in [0.15, 0.2) is 48.5 Å². The van der Waals surface area contributed by atoms with E-state index < -0.39 is 0 Å². The van der Waals surface area contributed by atoms with E-state index in [0.29, 0.717) is 42.3 Å². The summed E-state index contributed by atoms with van der Waals surface area (Å²) in [4.78, 5) is 26.8. The summed E-state index contributed by atoms with van der Waals surface area (Å²) in [6.45, 7) is 3.69. The number of para-hydroxylation sites is 1. The Morgan fingerprint density at radius 2 is 1.88 bits per heavy atom. The molecule has 1 unspecified atom stereocenters. The lowest BCUT2D eigenvalue weighted by molar-refractivity contribution is -0.0124. The van der Waals surface area contributed by atoms with Crippen LogP contribution in [-0.4, -0.2) is 49.6 Å². The molecule has 0 saturated carbocycles. The highest BCUT2D eigenvalue weighted by Gasteiger charge is 2.22. The first-order valence-electron chi connectivity index (χ1n) is 8.54. The van der Waals surface area contributed by atoms with E-state index in [1.165, 1.54) is 7.11 Å². The van der Waals surface area contributed by atoms with Gasteiger partial charge < -0.3 is 19.7 Å². The molecular weight excluding hydrogens is 332 g/mol. The fourth-order valence-electron chi connectivity index (χ4n) is 2.91. The zero-order valence-corrected chi connectivity index (χ0v) is 14.9. The first-order valence-corrected chi connectivity index (χ1v) is 8.54. The van der Waals surface area contributed by atoms with Gasteiger partial charge in [-0.3, -0.25) is 9.59 Å². The predicted molar refractivity (Wildman–Crippen MR) is 98.7 cm³/mol. The largest absolute Gasteiger partial charge is 0.496 e. The molecule has 6 heteroatoms. The van der Waals surface area contributed by atoms with E-state index in [1.807, 2.05) is 13.0 Å². The number of methoxy groups -OCH3 is 1. The summed E-state index contributed by atoms with van der Waals surface area (Å²) in [6.07, 6.45) is 0.0483. The molecule has 136 valence electrons. The Hall–Kier alpha value is -2.86. The predicted octanol–water partition coefficient (Wildman–Crippen LogP) is 2.81. The van der Waals surface area contributed by atoms with Crippen molar-refractivity contribution in [1.82, 2.24) is 4.90 Å². The van der Waals surface area contributed by atoms with E-state index in [0.717, 1.165) is 0 Å². The van der Waals surface area contributed by atoms with Gasteiger partial charge in [0.15, 0.2) is 0 Å². The van der Waals surface area contributed by atoms with Gasteiger partial charge in [-0.25, -0.2) is 0 Å². The summed E-state index contributed by atoms with van der Waals surface area (Å²) in [7, 11) is 1.53. The fourth-order valence-corrected chi connectivity index (χ4v) is 2.91. The molecule has 26 heavy (non-hydrogen) atoms. The second kappa shape index (κ2) is 8.01. The van der Waals surface area contributed by atoms with Crippen LogP contribution in [0.5, 0.6) is 5.75 Å². The van der Waals surface area contributed by atoms with Crippen molar-refractivity contribution in [2.45, 2.75) is 13.0 Å². The summed E-state index contributed by atoms with van der Waals surface area (Å²) in [5.41, 5.74) is 1.67. The van der Waals surface area contributed by atoms with Crippen LogP contribution in [0.25, 0.3) is 0 Å². The number of morpholine rings is 1. The number of rotatable bonds is 4. The van der Waals surface area contributed by atoms with Crippen LogP contribution in [0, 0.1) is 0 Å². The highest BCUT2D eigenvalue weighted by atomic mass is 16.5. The van der Waals surface area contributed by atoms with E-state index in [1.54, 1.807) is 47.4 Å². The van der Waals surface area contributed by atoms with Gasteiger partial charge in [0.25, 0.3) is 11.8 Å². The van der Waals surface area contributed by atoms with Gasteiger partial charge in [-0.05, 0) is 43.3 Å². The van der Waals surface area contributed by atoms with Crippen molar-refractivity contribution in [1.29, 1.82) is 0 Å². The minimum absolute atomic E-state index is 0.0252. The Kier molecular flexibility index (Phi) is 5.53. The van der Waals surface area contributed by atoms with E-state index in [-0.39, 0.29) is 17.9 Å². The minimum atomic E-state index is -0.261. The van der Waals surface area contributed by atoms with Crippen molar-refractivity contribution in [2.75, 3.05) is 32.1 Å². The Morgan fingerprint density at radius 1 is 1.15 bits per heavy atom. The lowest BCUT2D eigenvalue weighted by Gasteiger charge is -2.31. The molecule has 2 amide bonds. The molecule has 1 atom stereocenters. The van der Waals surface area contributed by atoms with Gasteiger partial charge in [-0.1, -0.05) is 12.1 Å². The molecule has 6 nitrogen and oxygen atoms in total. The zero-order valence-electron chi connectivity index (χ0n) is 14.9. The highest BCUT2D eigenvalue weighted by Crippen LogP contribution is 2.20. The van der Waals surface area contributed by atoms with Crippen molar-refractivity contribution in [2.24, 2.45) is 0 Å². The summed E-state index contributed by atoms with van der Waals surface area (Å²) in [5.74, 6) is 0.226. The summed E-state index contributed by atoms with van der Waals surface area (Å²) < 4.78 is 10.7. The van der Waals surface area contributed by atoms with Crippen LogP contribution in [0.3, 0.4) is 0 Å². The van der Waals surface area contributed by atoms with Gasteiger partial charge in [-0.2, -0.15) is 0 Å². The van der Waals surface area contributed by atoms with Crippen LogP contribution < -0.4 is 10.1 Å². The first-order chi connectivity index (χ1) is 12.6. The lowest BCUT2D eigenvalue weighted by Crippen LogP contribution is -2.44. The third-order valence-electron chi connectivity index (χ3n) is 4.27. The average Bonchev–Trinajstić information content (AvgIpc) is 2.68. The van der Waals surface area contributed by atoms with Gasteiger partial charge >= 0.3 is 0 Å². The molecule has 0 aromatic heterocycles. The topological polar surface area (TPSA) is 67.9 Å². The molecular formula is C20H22N2O4. The van der Waals surface area contributed by atoms with E-state index in [9.17, 15) is 9.59 Å². The van der Waals surface area contributed by atoms with Crippen molar-refractivity contribution in [3.63, 3.8) is 0 Å². The second-order valence-electron chi connectivity index (χ2n) is 6.16. The molecule has 1 saturated heterocycles. The maximum absolute atomic E-state index is 12.6. The maximum atomic E-state index is 12.6. The zero-order chi connectivity index (χ0) is 18.5. The molecule has 2 aromatic carbocycles. The number of carbonyl (C=O) groups excluding carboxylic acids is 2. The molecule has 2 aromatic rings. The highest BCUT2D eigenvalue weighted by molar-refractivity contribution is 6.06. The standard InChI is InChI=1S/C20H22N2O4/c1-14-13-22(11-12-26-14)20(24)15-7-9-16(10-8-15)21-19(23)17-5-3-4-6-18(17)25-2/h3-10,14H,11-13H2,1-2H3,(H,21,23). The number of amides is 2. The third-order valence-corrected chi connectivity index (χ3v) is 4.27. The van der Waals surface area contributed by atoms with Crippen LogP contribution >= 0.6 is 0 Å². The SMILES string of the molecule is COc1ccccc1C(=O)Nc1ccc(C(=O)N2CCOC(C)C2)cc1. The summed E-state index contributed by atoms with van der Waals surface area (Å²) in [6, 6.07) is 13.9. The van der Waals surface area contributed by atoms with Crippen LogP contribution in [0.1, 0.15) is 27.6 Å². The Balaban J connectivity index is 1.67. The quantitative estimate of drug-likeness (QED) is 0.917. The normalized spacial score (nSPS) is 16.8. The molecule has 1 aliphatic rings. The van der Waals surface area contributed by atoms with Crippen molar-refractivity contribution < 1.29 is 19.1 Å². The first kappa shape index (κ1) is 17.9. The maximum Gasteiger partial charge on any atom is 0.259 e. The van der Waals surface area contributed by atoms with Crippen molar-refractivity contribution in [3.8, 4) is 5.75 Å². The molecule has 0 bridgehead atoms. The average molecular weight is 354 g/mol. The lowest BCUT2D eigenvalue weighted by atomic mass is 10.1. The number of ether oxygens (including phenoxy) is 2. The van der Waals surface area contributed by atoms with Crippen LogP contribution in [0.4, 0.5) is 5.69 Å². The number of nitrogens with one attached hydrogen (secondary N) is 1. The van der Waals surface area contributed by atoms with E-state index in [2.05, 4.69) is 5.32 Å². The monoisotopic (exact) mass is 354 g/mol. The number of hydrogen-bond donors (Lipinski definition) is 1. The smallest absolute Gasteiger partial charge is 0.259 e. The number of anilines is 1. The summed E-state index contributed by atoms with van der Waals surface area (Å²) >= 11 is 0. The van der Waals surface area contributed by atoms with Gasteiger partial charge in [0, 0.05) is 24.3 Å². The fraction of sp³-hybridized carbons (Fsp3) is 0.300.